The Morgan fingerprint density at radius 1 is 1.21 bits per heavy atom. The molecule has 0 radical (unpaired) electrons. The third kappa shape index (κ3) is 3.32. The van der Waals surface area contributed by atoms with Gasteiger partial charge in [0.25, 0.3) is 5.91 Å². The molecule has 5 heteroatoms. The van der Waals surface area contributed by atoms with Crippen molar-refractivity contribution in [3.8, 4) is 0 Å². The van der Waals surface area contributed by atoms with Crippen LogP contribution in [-0.4, -0.2) is 25.0 Å². The molecule has 0 atom stereocenters. The molecule has 1 aromatic carbocycles. The van der Waals surface area contributed by atoms with Crippen molar-refractivity contribution in [3.05, 3.63) is 52.8 Å². The summed E-state index contributed by atoms with van der Waals surface area (Å²) in [5.74, 6) is -0.141. The van der Waals surface area contributed by atoms with Crippen LogP contribution in [-0.2, 0) is 0 Å². The van der Waals surface area contributed by atoms with E-state index in [4.69, 9.17) is 0 Å². The van der Waals surface area contributed by atoms with Crippen molar-refractivity contribution in [1.82, 2.24) is 4.98 Å². The first-order valence-corrected chi connectivity index (χ1v) is 6.55. The molecule has 0 unspecified atom stereocenters. The van der Waals surface area contributed by atoms with E-state index in [-0.39, 0.29) is 5.91 Å². The van der Waals surface area contributed by atoms with Crippen molar-refractivity contribution in [1.29, 1.82) is 0 Å². The molecule has 0 bridgehead atoms. The van der Waals surface area contributed by atoms with Crippen LogP contribution in [0.2, 0.25) is 0 Å². The summed E-state index contributed by atoms with van der Waals surface area (Å²) in [5, 5.41) is 2.84. The second-order valence-corrected chi connectivity index (χ2v) is 5.11. The zero-order valence-corrected chi connectivity index (χ0v) is 12.3. The van der Waals surface area contributed by atoms with Crippen LogP contribution < -0.4 is 10.2 Å². The molecule has 98 valence electrons. The summed E-state index contributed by atoms with van der Waals surface area (Å²) in [6.45, 7) is 0. The summed E-state index contributed by atoms with van der Waals surface area (Å²) in [6, 6.07) is 9.18. The zero-order chi connectivity index (χ0) is 13.8. The fraction of sp³-hybridized carbons (Fsp3) is 0.143. The van der Waals surface area contributed by atoms with E-state index in [1.165, 1.54) is 0 Å². The molecule has 0 saturated carbocycles. The van der Waals surface area contributed by atoms with E-state index in [0.29, 0.717) is 11.3 Å². The van der Waals surface area contributed by atoms with Gasteiger partial charge in [0.1, 0.15) is 0 Å². The van der Waals surface area contributed by atoms with Gasteiger partial charge in [-0.1, -0.05) is 0 Å². The third-order valence-electron chi connectivity index (χ3n) is 2.67. The van der Waals surface area contributed by atoms with Gasteiger partial charge in [0.05, 0.1) is 10.2 Å². The van der Waals surface area contributed by atoms with E-state index in [1.807, 2.05) is 31.1 Å². The number of aromatic nitrogens is 1. The number of nitrogens with one attached hydrogen (secondary N) is 1. The monoisotopic (exact) mass is 319 g/mol. The lowest BCUT2D eigenvalue weighted by atomic mass is 10.2. The third-order valence-corrected chi connectivity index (χ3v) is 3.30. The summed E-state index contributed by atoms with van der Waals surface area (Å²) in [6.07, 6.45) is 3.28. The number of hydrogen-bond acceptors (Lipinski definition) is 3. The van der Waals surface area contributed by atoms with Gasteiger partial charge in [-0.25, -0.2) is 0 Å². The lowest BCUT2D eigenvalue weighted by molar-refractivity contribution is 0.102. The molecule has 0 aliphatic heterocycles. The minimum absolute atomic E-state index is 0.141. The highest BCUT2D eigenvalue weighted by atomic mass is 79.9. The van der Waals surface area contributed by atoms with Crippen molar-refractivity contribution in [2.75, 3.05) is 24.3 Å². The van der Waals surface area contributed by atoms with Crippen LogP contribution in [0.15, 0.2) is 47.2 Å². The second kappa shape index (κ2) is 5.84. The molecular weight excluding hydrogens is 306 g/mol. The van der Waals surface area contributed by atoms with Crippen molar-refractivity contribution < 1.29 is 4.79 Å². The van der Waals surface area contributed by atoms with Gasteiger partial charge < -0.3 is 10.2 Å². The van der Waals surface area contributed by atoms with Gasteiger partial charge >= 0.3 is 0 Å². The predicted octanol–water partition coefficient (Wildman–Crippen LogP) is 3.16. The first-order chi connectivity index (χ1) is 9.08. The highest BCUT2D eigenvalue weighted by Crippen LogP contribution is 2.21. The molecule has 1 N–H and O–H groups in total. The summed E-state index contributed by atoms with van der Waals surface area (Å²) in [5.41, 5.74) is 2.38. The maximum absolute atomic E-state index is 12.1. The molecule has 0 spiro atoms. The van der Waals surface area contributed by atoms with E-state index < -0.39 is 0 Å². The number of pyridine rings is 1. The molecule has 2 rings (SSSR count). The van der Waals surface area contributed by atoms with Gasteiger partial charge in [-0.2, -0.15) is 0 Å². The Kier molecular flexibility index (Phi) is 4.16. The maximum Gasteiger partial charge on any atom is 0.255 e. The Morgan fingerprint density at radius 2 is 1.89 bits per heavy atom. The minimum atomic E-state index is -0.141. The van der Waals surface area contributed by atoms with Gasteiger partial charge in [0.15, 0.2) is 0 Å². The van der Waals surface area contributed by atoms with Crippen LogP contribution in [0.3, 0.4) is 0 Å². The second-order valence-electron chi connectivity index (χ2n) is 4.25. The summed E-state index contributed by atoms with van der Waals surface area (Å²) in [7, 11) is 3.92. The number of hydrogen-bond donors (Lipinski definition) is 1. The number of anilines is 2. The highest BCUT2D eigenvalue weighted by Gasteiger charge is 2.08. The number of benzene rings is 1. The Morgan fingerprint density at radius 3 is 2.47 bits per heavy atom. The van der Waals surface area contributed by atoms with Crippen LogP contribution in [0, 0.1) is 0 Å². The van der Waals surface area contributed by atoms with E-state index in [9.17, 15) is 4.79 Å². The lowest BCUT2D eigenvalue weighted by Gasteiger charge is -2.12. The molecule has 0 aliphatic rings. The van der Waals surface area contributed by atoms with E-state index >= 15 is 0 Å². The Bertz CT molecular complexity index is 581. The molecule has 19 heavy (non-hydrogen) atoms. The number of halogens is 1. The van der Waals surface area contributed by atoms with Crippen LogP contribution in [0.1, 0.15) is 10.4 Å². The Hall–Kier alpha value is -1.88. The van der Waals surface area contributed by atoms with Crippen LogP contribution >= 0.6 is 15.9 Å². The van der Waals surface area contributed by atoms with Crippen LogP contribution in [0.25, 0.3) is 0 Å². The molecule has 1 amide bonds. The van der Waals surface area contributed by atoms with Gasteiger partial charge in [0, 0.05) is 37.7 Å². The van der Waals surface area contributed by atoms with Gasteiger partial charge in [0.2, 0.25) is 0 Å². The van der Waals surface area contributed by atoms with Crippen molar-refractivity contribution in [2.24, 2.45) is 0 Å². The average molecular weight is 320 g/mol. The summed E-state index contributed by atoms with van der Waals surface area (Å²) >= 11 is 3.34. The molecule has 2 aromatic rings. The van der Waals surface area contributed by atoms with Crippen LogP contribution in [0.5, 0.6) is 0 Å². The molecule has 0 saturated heterocycles. The van der Waals surface area contributed by atoms with Crippen molar-refractivity contribution in [2.45, 2.75) is 0 Å². The predicted molar refractivity (Wildman–Crippen MR) is 80.7 cm³/mol. The molecule has 0 fully saturated rings. The molecular formula is C14H14BrN3O. The molecule has 1 aromatic heterocycles. The van der Waals surface area contributed by atoms with E-state index in [1.54, 1.807) is 30.6 Å². The number of rotatable bonds is 3. The van der Waals surface area contributed by atoms with Crippen LogP contribution in [0.4, 0.5) is 11.4 Å². The largest absolute Gasteiger partial charge is 0.378 e. The lowest BCUT2D eigenvalue weighted by Crippen LogP contribution is -2.13. The fourth-order valence-electron chi connectivity index (χ4n) is 1.58. The standard InChI is InChI=1S/C14H14BrN3O/c1-18(2)11-5-3-10(4-6-11)14(19)17-13-7-8-16-9-12(13)15/h3-9H,1-2H3,(H,16,17,19). The minimum Gasteiger partial charge on any atom is -0.378 e. The van der Waals surface area contributed by atoms with Crippen molar-refractivity contribution >= 4 is 33.2 Å². The smallest absolute Gasteiger partial charge is 0.255 e. The molecule has 1 heterocycles. The number of carbonyl (C=O) groups excluding carboxylic acids is 1. The Balaban J connectivity index is 2.14. The van der Waals surface area contributed by atoms with E-state index in [0.717, 1.165) is 10.2 Å². The van der Waals surface area contributed by atoms with Gasteiger partial charge in [-0.3, -0.25) is 9.78 Å². The zero-order valence-electron chi connectivity index (χ0n) is 10.7. The quantitative estimate of drug-likeness (QED) is 0.945. The van der Waals surface area contributed by atoms with E-state index in [2.05, 4.69) is 26.2 Å². The number of nitrogens with zero attached hydrogens (tertiary/aromatic N) is 2. The van der Waals surface area contributed by atoms with Gasteiger partial charge in [-0.05, 0) is 46.3 Å². The first-order valence-electron chi connectivity index (χ1n) is 5.76. The first kappa shape index (κ1) is 13.5. The fourth-order valence-corrected chi connectivity index (χ4v) is 1.93. The normalized spacial score (nSPS) is 10.1. The average Bonchev–Trinajstić information content (AvgIpc) is 2.41. The number of carbonyl (C=O) groups is 1. The topological polar surface area (TPSA) is 45.2 Å². The maximum atomic E-state index is 12.1. The number of amides is 1. The van der Waals surface area contributed by atoms with Gasteiger partial charge in [-0.15, -0.1) is 0 Å². The van der Waals surface area contributed by atoms with Crippen molar-refractivity contribution in [3.63, 3.8) is 0 Å². The molecule has 4 nitrogen and oxygen atoms in total. The highest BCUT2D eigenvalue weighted by molar-refractivity contribution is 9.10. The summed E-state index contributed by atoms with van der Waals surface area (Å²) < 4.78 is 0.758. The Labute approximate surface area is 120 Å². The SMILES string of the molecule is CN(C)c1ccc(C(=O)Nc2ccncc2Br)cc1. The summed E-state index contributed by atoms with van der Waals surface area (Å²) in [4.78, 5) is 18.0. The molecule has 0 aliphatic carbocycles.